The predicted molar refractivity (Wildman–Crippen MR) is 91.6 cm³/mol. The first kappa shape index (κ1) is 16.6. The van der Waals surface area contributed by atoms with Crippen LogP contribution >= 0.6 is 0 Å². The van der Waals surface area contributed by atoms with E-state index in [1.54, 1.807) is 25.5 Å². The number of nitrogens with zero attached hydrogens (tertiary/aromatic N) is 2. The number of anilines is 1. The Labute approximate surface area is 135 Å². The van der Waals surface area contributed by atoms with Gasteiger partial charge in [-0.25, -0.2) is 0 Å². The Morgan fingerprint density at radius 3 is 2.70 bits per heavy atom. The summed E-state index contributed by atoms with van der Waals surface area (Å²) in [5.41, 5.74) is 7.15. The quantitative estimate of drug-likeness (QED) is 0.830. The molecule has 1 heterocycles. The largest absolute Gasteiger partial charge is 0.493 e. The Balaban J connectivity index is 2.31. The molecule has 0 radical (unpaired) electrons. The number of hydrogen-bond donors (Lipinski definition) is 1. The first-order valence-corrected chi connectivity index (χ1v) is 7.39. The summed E-state index contributed by atoms with van der Waals surface area (Å²) in [5, 5.41) is 4.15. The first-order chi connectivity index (χ1) is 11.0. The van der Waals surface area contributed by atoms with Crippen molar-refractivity contribution in [3.8, 4) is 11.5 Å². The molecule has 0 fully saturated rings. The lowest BCUT2D eigenvalue weighted by atomic mass is 10.2. The highest BCUT2D eigenvalue weighted by Crippen LogP contribution is 2.27. The predicted octanol–water partition coefficient (Wildman–Crippen LogP) is 2.42. The highest BCUT2D eigenvalue weighted by atomic mass is 16.5. The van der Waals surface area contributed by atoms with E-state index in [1.807, 2.05) is 26.0 Å². The van der Waals surface area contributed by atoms with Crippen molar-refractivity contribution in [3.05, 3.63) is 51.8 Å². The number of benzene rings is 1. The molecule has 0 aliphatic rings. The average molecular weight is 315 g/mol. The van der Waals surface area contributed by atoms with E-state index in [9.17, 15) is 4.79 Å². The zero-order valence-corrected chi connectivity index (χ0v) is 13.6. The van der Waals surface area contributed by atoms with Gasteiger partial charge in [-0.3, -0.25) is 4.79 Å². The number of ether oxygens (including phenoxy) is 2. The minimum Gasteiger partial charge on any atom is -0.493 e. The average Bonchev–Trinajstić information content (AvgIpc) is 2.52. The molecule has 0 unspecified atom stereocenters. The van der Waals surface area contributed by atoms with E-state index in [4.69, 9.17) is 15.2 Å². The molecule has 2 N–H and O–H groups in total. The van der Waals surface area contributed by atoms with Crippen molar-refractivity contribution < 1.29 is 9.47 Å². The smallest absolute Gasteiger partial charge is 0.273 e. The van der Waals surface area contributed by atoms with Gasteiger partial charge >= 0.3 is 0 Å². The fourth-order valence-corrected chi connectivity index (χ4v) is 2.07. The van der Waals surface area contributed by atoms with Gasteiger partial charge in [0.05, 0.1) is 19.9 Å². The van der Waals surface area contributed by atoms with Crippen LogP contribution < -0.4 is 20.8 Å². The van der Waals surface area contributed by atoms with Gasteiger partial charge in [-0.2, -0.15) is 9.78 Å². The summed E-state index contributed by atoms with van der Waals surface area (Å²) < 4.78 is 12.1. The molecule has 2 rings (SSSR count). The van der Waals surface area contributed by atoms with Crippen LogP contribution in [0.1, 0.15) is 24.5 Å². The molecule has 2 aromatic rings. The summed E-state index contributed by atoms with van der Waals surface area (Å²) in [6.45, 7) is 4.44. The van der Waals surface area contributed by atoms with Gasteiger partial charge in [0.25, 0.3) is 5.56 Å². The van der Waals surface area contributed by atoms with E-state index in [0.717, 1.165) is 22.2 Å². The van der Waals surface area contributed by atoms with Gasteiger partial charge in [0.15, 0.2) is 11.5 Å². The van der Waals surface area contributed by atoms with E-state index in [1.165, 1.54) is 6.07 Å². The highest BCUT2D eigenvalue weighted by molar-refractivity contribution is 5.81. The summed E-state index contributed by atoms with van der Waals surface area (Å²) in [5.74, 6) is 1.59. The van der Waals surface area contributed by atoms with Crippen LogP contribution in [0, 0.1) is 6.92 Å². The Kier molecular flexibility index (Phi) is 5.41. The molecule has 6 nitrogen and oxygen atoms in total. The van der Waals surface area contributed by atoms with E-state index >= 15 is 0 Å². The maximum absolute atomic E-state index is 11.9. The SMILES string of the molecule is CCCOc1cc(/C=N\n2c(N)cc(C)cc2=O)ccc1OC. The van der Waals surface area contributed by atoms with E-state index in [2.05, 4.69) is 5.10 Å². The van der Waals surface area contributed by atoms with Crippen molar-refractivity contribution >= 4 is 12.0 Å². The van der Waals surface area contributed by atoms with Crippen LogP contribution in [0.3, 0.4) is 0 Å². The summed E-state index contributed by atoms with van der Waals surface area (Å²) in [4.78, 5) is 11.9. The number of nitrogen functional groups attached to an aromatic ring is 1. The molecule has 1 aromatic heterocycles. The molecule has 23 heavy (non-hydrogen) atoms. The van der Waals surface area contributed by atoms with Crippen LogP contribution in [0.2, 0.25) is 0 Å². The van der Waals surface area contributed by atoms with Crippen molar-refractivity contribution in [2.75, 3.05) is 19.5 Å². The molecule has 0 spiro atoms. The topological polar surface area (TPSA) is 78.8 Å². The lowest BCUT2D eigenvalue weighted by Crippen LogP contribution is -2.19. The molecule has 0 aliphatic heterocycles. The standard InChI is InChI=1S/C17H21N3O3/c1-4-7-23-15-10-13(5-6-14(15)22-3)11-19-20-16(18)8-12(2)9-17(20)21/h5-6,8-11H,4,7,18H2,1-3H3/b19-11-. The number of rotatable bonds is 6. The molecule has 0 saturated carbocycles. The monoisotopic (exact) mass is 315 g/mol. The van der Waals surface area contributed by atoms with Crippen LogP contribution in [0.15, 0.2) is 40.2 Å². The van der Waals surface area contributed by atoms with Crippen molar-refractivity contribution in [3.63, 3.8) is 0 Å². The third-order valence-corrected chi connectivity index (χ3v) is 3.15. The Bertz CT molecular complexity index is 766. The normalized spacial score (nSPS) is 10.9. The maximum atomic E-state index is 11.9. The van der Waals surface area contributed by atoms with Gasteiger partial charge in [-0.05, 0) is 48.7 Å². The summed E-state index contributed by atoms with van der Waals surface area (Å²) >= 11 is 0. The fourth-order valence-electron chi connectivity index (χ4n) is 2.07. The third kappa shape index (κ3) is 4.12. The number of hydrogen-bond acceptors (Lipinski definition) is 5. The minimum atomic E-state index is -0.269. The van der Waals surface area contributed by atoms with Crippen LogP contribution in [-0.4, -0.2) is 24.6 Å². The fraction of sp³-hybridized carbons (Fsp3) is 0.294. The second-order valence-electron chi connectivity index (χ2n) is 5.11. The molecular formula is C17H21N3O3. The van der Waals surface area contributed by atoms with E-state index in [0.29, 0.717) is 23.9 Å². The summed E-state index contributed by atoms with van der Waals surface area (Å²) in [6.07, 6.45) is 2.46. The van der Waals surface area contributed by atoms with Gasteiger partial charge in [0.1, 0.15) is 5.82 Å². The van der Waals surface area contributed by atoms with Crippen molar-refractivity contribution in [2.45, 2.75) is 20.3 Å². The van der Waals surface area contributed by atoms with Gasteiger partial charge in [-0.1, -0.05) is 6.92 Å². The molecule has 0 bridgehead atoms. The Morgan fingerprint density at radius 2 is 2.04 bits per heavy atom. The van der Waals surface area contributed by atoms with Crippen LogP contribution in [0.4, 0.5) is 5.82 Å². The maximum Gasteiger partial charge on any atom is 0.273 e. The van der Waals surface area contributed by atoms with Crippen LogP contribution in [0.5, 0.6) is 11.5 Å². The molecule has 6 heteroatoms. The first-order valence-electron chi connectivity index (χ1n) is 7.39. The summed E-state index contributed by atoms with van der Waals surface area (Å²) in [7, 11) is 1.59. The number of nitrogens with two attached hydrogens (primary N) is 1. The molecule has 1 aromatic carbocycles. The highest BCUT2D eigenvalue weighted by Gasteiger charge is 2.05. The molecule has 0 amide bonds. The van der Waals surface area contributed by atoms with Crippen LogP contribution in [-0.2, 0) is 0 Å². The molecule has 0 aliphatic carbocycles. The molecule has 0 saturated heterocycles. The number of aromatic nitrogens is 1. The lowest BCUT2D eigenvalue weighted by Gasteiger charge is -2.10. The number of pyridine rings is 1. The molecular weight excluding hydrogens is 294 g/mol. The zero-order chi connectivity index (χ0) is 16.8. The Hall–Kier alpha value is -2.76. The third-order valence-electron chi connectivity index (χ3n) is 3.15. The minimum absolute atomic E-state index is 0.269. The van der Waals surface area contributed by atoms with Gasteiger partial charge in [0.2, 0.25) is 0 Å². The van der Waals surface area contributed by atoms with Crippen LogP contribution in [0.25, 0.3) is 0 Å². The number of aryl methyl sites for hydroxylation is 1. The van der Waals surface area contributed by atoms with Gasteiger partial charge < -0.3 is 15.2 Å². The van der Waals surface area contributed by atoms with Crippen molar-refractivity contribution in [2.24, 2.45) is 5.10 Å². The second kappa shape index (κ2) is 7.49. The lowest BCUT2D eigenvalue weighted by molar-refractivity contribution is 0.294. The molecule has 0 atom stereocenters. The van der Waals surface area contributed by atoms with Gasteiger partial charge in [0, 0.05) is 6.07 Å². The summed E-state index contributed by atoms with van der Waals surface area (Å²) in [6, 6.07) is 8.62. The van der Waals surface area contributed by atoms with E-state index < -0.39 is 0 Å². The van der Waals surface area contributed by atoms with E-state index in [-0.39, 0.29) is 5.56 Å². The van der Waals surface area contributed by atoms with Gasteiger partial charge in [-0.15, -0.1) is 0 Å². The van der Waals surface area contributed by atoms with Crippen molar-refractivity contribution in [1.82, 2.24) is 4.68 Å². The zero-order valence-electron chi connectivity index (χ0n) is 13.6. The number of methoxy groups -OCH3 is 1. The Morgan fingerprint density at radius 1 is 1.26 bits per heavy atom. The van der Waals surface area contributed by atoms with Crippen molar-refractivity contribution in [1.29, 1.82) is 0 Å². The second-order valence-corrected chi connectivity index (χ2v) is 5.11. The molecule has 122 valence electrons.